The molecule has 0 aromatic rings. The van der Waals surface area contributed by atoms with Gasteiger partial charge in [-0.05, 0) is 13.3 Å². The first-order valence-electron chi connectivity index (χ1n) is 5.91. The van der Waals surface area contributed by atoms with Crippen LogP contribution in [0.25, 0.3) is 0 Å². The second-order valence-electron chi connectivity index (χ2n) is 3.61. The van der Waals surface area contributed by atoms with Crippen LogP contribution in [0.5, 0.6) is 0 Å². The van der Waals surface area contributed by atoms with E-state index in [4.69, 9.17) is 9.47 Å². The molecule has 0 aliphatic heterocycles. The van der Waals surface area contributed by atoms with Crippen LogP contribution in [0.2, 0.25) is 0 Å². The van der Waals surface area contributed by atoms with Gasteiger partial charge in [-0.25, -0.2) is 14.6 Å². The molecule has 0 saturated heterocycles. The van der Waals surface area contributed by atoms with Crippen LogP contribution < -0.4 is 0 Å². The van der Waals surface area contributed by atoms with Gasteiger partial charge in [-0.15, -0.1) is 0 Å². The summed E-state index contributed by atoms with van der Waals surface area (Å²) in [5.74, 6) is -0.467. The van der Waals surface area contributed by atoms with Crippen LogP contribution in [0.1, 0.15) is 20.3 Å². The third-order valence-electron chi connectivity index (χ3n) is 1.99. The van der Waals surface area contributed by atoms with E-state index in [1.807, 2.05) is 0 Å². The minimum Gasteiger partial charge on any atom is -0.460 e. The summed E-state index contributed by atoms with van der Waals surface area (Å²) in [7, 11) is 3.38. The molecule has 0 N–H and O–H groups in total. The summed E-state index contributed by atoms with van der Waals surface area (Å²) in [6.07, 6.45) is 2.63. The second kappa shape index (κ2) is 14.6. The number of carbonyl (C=O) groups excluding carboxylic acids is 2. The summed E-state index contributed by atoms with van der Waals surface area (Å²) in [4.78, 5) is 23.4. The van der Waals surface area contributed by atoms with E-state index in [-0.39, 0.29) is 19.3 Å². The monoisotopic (exact) mass is 273 g/mol. The average Bonchev–Trinajstić information content (AvgIpc) is 2.41. The normalized spacial score (nSPS) is 10.5. The van der Waals surface area contributed by atoms with Crippen LogP contribution >= 0.6 is 0 Å². The molecule has 0 aromatic heterocycles. The van der Waals surface area contributed by atoms with Crippen LogP contribution in [0.15, 0.2) is 17.1 Å². The Labute approximate surface area is 114 Å². The van der Waals surface area contributed by atoms with E-state index < -0.39 is 5.97 Å². The number of aliphatic imine (C=N–C) groups is 1. The molecule has 110 valence electrons. The molecule has 0 spiro atoms. The molecule has 0 heterocycles. The topological polar surface area (TPSA) is 74.2 Å². The number of carbonyl (C=O) groups is 1. The fourth-order valence-corrected chi connectivity index (χ4v) is 0.891. The summed E-state index contributed by atoms with van der Waals surface area (Å²) < 4.78 is 14.5. The predicted molar refractivity (Wildman–Crippen MR) is 71.7 cm³/mol. The van der Waals surface area contributed by atoms with E-state index in [9.17, 15) is 9.59 Å². The van der Waals surface area contributed by atoms with Gasteiger partial charge in [-0.1, -0.05) is 13.5 Å². The van der Waals surface area contributed by atoms with Crippen molar-refractivity contribution in [2.24, 2.45) is 4.99 Å². The molecule has 0 bridgehead atoms. The van der Waals surface area contributed by atoms with E-state index in [0.717, 1.165) is 6.42 Å². The largest absolute Gasteiger partial charge is 0.460 e. The number of nitrogens with zero attached hydrogens (tertiary/aromatic N) is 1. The Bertz CT molecular complexity index is 293. The van der Waals surface area contributed by atoms with Gasteiger partial charge in [0.25, 0.3) is 0 Å². The number of methoxy groups -OCH3 is 2. The number of esters is 1. The molecule has 19 heavy (non-hydrogen) atoms. The quantitative estimate of drug-likeness (QED) is 0.220. The first-order chi connectivity index (χ1) is 9.03. The molecule has 0 radical (unpaired) electrons. The standard InChI is InChI=1S/C7H9NO3.C6H14O2/c1-6(2)7(10)11-4-3-8-5-9;1-4-6(8-3)5-7-2/h1,3-4H2,2H3;6H,4-5H2,1-3H3. The molecule has 0 amide bonds. The SMILES string of the molecule is C=C(C)C(=O)OCCN=C=O.CCC(COC)OC. The van der Waals surface area contributed by atoms with Gasteiger partial charge >= 0.3 is 5.97 Å². The molecule has 0 aliphatic rings. The molecule has 0 rings (SSSR count). The number of ether oxygens (including phenoxy) is 3. The van der Waals surface area contributed by atoms with Crippen molar-refractivity contribution < 1.29 is 23.8 Å². The molecule has 1 unspecified atom stereocenters. The Morgan fingerprint density at radius 3 is 2.37 bits per heavy atom. The van der Waals surface area contributed by atoms with Crippen molar-refractivity contribution in [2.75, 3.05) is 34.0 Å². The zero-order chi connectivity index (χ0) is 15.1. The molecule has 0 saturated carbocycles. The summed E-state index contributed by atoms with van der Waals surface area (Å²) in [6, 6.07) is 0. The van der Waals surface area contributed by atoms with E-state index in [1.165, 1.54) is 6.08 Å². The summed E-state index contributed by atoms with van der Waals surface area (Å²) >= 11 is 0. The van der Waals surface area contributed by atoms with Gasteiger partial charge in [0.15, 0.2) is 0 Å². The predicted octanol–water partition coefficient (Wildman–Crippen LogP) is 1.50. The molecular weight excluding hydrogens is 250 g/mol. The van der Waals surface area contributed by atoms with Gasteiger partial charge < -0.3 is 14.2 Å². The number of hydrogen-bond acceptors (Lipinski definition) is 6. The van der Waals surface area contributed by atoms with E-state index in [2.05, 4.69) is 23.2 Å². The number of hydrogen-bond donors (Lipinski definition) is 0. The third kappa shape index (κ3) is 14.4. The lowest BCUT2D eigenvalue weighted by atomic mass is 10.3. The van der Waals surface area contributed by atoms with E-state index in [0.29, 0.717) is 12.2 Å². The van der Waals surface area contributed by atoms with Crippen LogP contribution in [-0.4, -0.2) is 52.1 Å². The Balaban J connectivity index is 0. The summed E-state index contributed by atoms with van der Waals surface area (Å²) in [6.45, 7) is 7.95. The Morgan fingerprint density at radius 1 is 1.42 bits per heavy atom. The highest BCUT2D eigenvalue weighted by atomic mass is 16.5. The molecule has 0 aliphatic carbocycles. The minimum absolute atomic E-state index is 0.0981. The lowest BCUT2D eigenvalue weighted by Gasteiger charge is -2.09. The first kappa shape index (κ1) is 19.8. The Hall–Kier alpha value is -1.49. The summed E-state index contributed by atoms with van der Waals surface area (Å²) in [5, 5.41) is 0. The molecule has 6 heteroatoms. The highest BCUT2D eigenvalue weighted by Gasteiger charge is 2.00. The maximum Gasteiger partial charge on any atom is 0.333 e. The van der Waals surface area contributed by atoms with Crippen molar-refractivity contribution in [3.8, 4) is 0 Å². The van der Waals surface area contributed by atoms with Gasteiger partial charge in [0, 0.05) is 19.8 Å². The third-order valence-corrected chi connectivity index (χ3v) is 1.99. The molecule has 0 aromatic carbocycles. The fraction of sp³-hybridized carbons (Fsp3) is 0.692. The Kier molecular flexibility index (Phi) is 15.2. The van der Waals surface area contributed by atoms with Crippen LogP contribution in [0.3, 0.4) is 0 Å². The van der Waals surface area contributed by atoms with Crippen molar-refractivity contribution >= 4 is 12.0 Å². The van der Waals surface area contributed by atoms with Gasteiger partial charge in [0.1, 0.15) is 6.61 Å². The van der Waals surface area contributed by atoms with E-state index >= 15 is 0 Å². The van der Waals surface area contributed by atoms with Gasteiger partial charge in [0.2, 0.25) is 6.08 Å². The maximum absolute atomic E-state index is 10.6. The first-order valence-corrected chi connectivity index (χ1v) is 5.91. The zero-order valence-corrected chi connectivity index (χ0v) is 12.1. The van der Waals surface area contributed by atoms with Crippen molar-refractivity contribution in [3.63, 3.8) is 0 Å². The van der Waals surface area contributed by atoms with Gasteiger partial charge in [-0.3, -0.25) is 0 Å². The highest BCUT2D eigenvalue weighted by molar-refractivity contribution is 5.86. The van der Waals surface area contributed by atoms with Crippen LogP contribution in [-0.2, 0) is 23.8 Å². The fourth-order valence-electron chi connectivity index (χ4n) is 0.891. The molecule has 1 atom stereocenters. The van der Waals surface area contributed by atoms with Gasteiger partial charge in [0.05, 0.1) is 19.3 Å². The van der Waals surface area contributed by atoms with Crippen molar-refractivity contribution in [2.45, 2.75) is 26.4 Å². The molecular formula is C13H23NO5. The van der Waals surface area contributed by atoms with E-state index in [1.54, 1.807) is 21.1 Å². The second-order valence-corrected chi connectivity index (χ2v) is 3.61. The summed E-state index contributed by atoms with van der Waals surface area (Å²) in [5.41, 5.74) is 0.333. The van der Waals surface area contributed by atoms with Crippen molar-refractivity contribution in [3.05, 3.63) is 12.2 Å². The van der Waals surface area contributed by atoms with Crippen molar-refractivity contribution in [1.29, 1.82) is 0 Å². The average molecular weight is 273 g/mol. The maximum atomic E-state index is 10.6. The highest BCUT2D eigenvalue weighted by Crippen LogP contribution is 1.94. The lowest BCUT2D eigenvalue weighted by Crippen LogP contribution is -2.15. The van der Waals surface area contributed by atoms with Crippen LogP contribution in [0, 0.1) is 0 Å². The van der Waals surface area contributed by atoms with Crippen LogP contribution in [0.4, 0.5) is 0 Å². The number of isocyanates is 1. The number of rotatable bonds is 8. The lowest BCUT2D eigenvalue weighted by molar-refractivity contribution is -0.138. The van der Waals surface area contributed by atoms with Crippen molar-refractivity contribution in [1.82, 2.24) is 0 Å². The molecule has 6 nitrogen and oxygen atoms in total. The Morgan fingerprint density at radius 2 is 2.05 bits per heavy atom. The van der Waals surface area contributed by atoms with Gasteiger partial charge in [-0.2, -0.15) is 0 Å². The minimum atomic E-state index is -0.467. The molecule has 0 fully saturated rings. The zero-order valence-electron chi connectivity index (χ0n) is 12.1. The smallest absolute Gasteiger partial charge is 0.333 e.